The molecule has 23 heavy (non-hydrogen) atoms. The van der Waals surface area contributed by atoms with Gasteiger partial charge in [-0.05, 0) is 57.2 Å². The van der Waals surface area contributed by atoms with E-state index in [1.165, 1.54) is 32.0 Å². The van der Waals surface area contributed by atoms with Crippen molar-refractivity contribution in [2.45, 2.75) is 50.5 Å². The highest BCUT2D eigenvalue weighted by Gasteiger charge is 2.38. The van der Waals surface area contributed by atoms with Gasteiger partial charge in [-0.2, -0.15) is 0 Å². The minimum atomic E-state index is -3.70. The Bertz CT molecular complexity index is 694. The van der Waals surface area contributed by atoms with E-state index < -0.39 is 26.2 Å². The number of hydrogen-bond acceptors (Lipinski definition) is 4. The summed E-state index contributed by atoms with van der Waals surface area (Å²) in [6.45, 7) is 5.33. The number of nitrogens with one attached hydrogen (secondary N) is 1. The van der Waals surface area contributed by atoms with Crippen LogP contribution in [-0.4, -0.2) is 25.5 Å². The summed E-state index contributed by atoms with van der Waals surface area (Å²) in [7, 11) is -3.70. The van der Waals surface area contributed by atoms with Crippen LogP contribution in [0.2, 0.25) is 0 Å². The van der Waals surface area contributed by atoms with Crippen LogP contribution >= 0.6 is 0 Å². The first-order valence-corrected chi connectivity index (χ1v) is 9.54. The van der Waals surface area contributed by atoms with Gasteiger partial charge in [-0.25, -0.2) is 12.8 Å². The molecule has 0 aromatic heterocycles. The molecule has 0 unspecified atom stereocenters. The smallest absolute Gasteiger partial charge is 0.165 e. The van der Waals surface area contributed by atoms with Gasteiger partial charge in [0.2, 0.25) is 0 Å². The maximum Gasteiger partial charge on any atom is 0.165 e. The quantitative estimate of drug-likeness (QED) is 0.733. The molecule has 1 aliphatic rings. The molecule has 0 spiro atoms. The maximum atomic E-state index is 14.0. The van der Waals surface area contributed by atoms with Gasteiger partial charge in [-0.15, -0.1) is 0 Å². The molecule has 0 aliphatic heterocycles. The minimum Gasteiger partial charge on any atom is -0.493 e. The Hall–Kier alpha value is -1.43. The Labute approximate surface area is 137 Å². The number of sulfone groups is 1. The number of benzene rings is 1. The van der Waals surface area contributed by atoms with Crippen LogP contribution in [0, 0.1) is 17.1 Å². The molecule has 0 atom stereocenters. The van der Waals surface area contributed by atoms with Crippen molar-refractivity contribution >= 4 is 15.5 Å². The van der Waals surface area contributed by atoms with Gasteiger partial charge in [0.05, 0.1) is 12.4 Å². The van der Waals surface area contributed by atoms with E-state index in [2.05, 4.69) is 0 Å². The molecule has 4 nitrogen and oxygen atoms in total. The summed E-state index contributed by atoms with van der Waals surface area (Å²) in [4.78, 5) is 0. The van der Waals surface area contributed by atoms with E-state index >= 15 is 0 Å². The van der Waals surface area contributed by atoms with Gasteiger partial charge in [-0.3, -0.25) is 0 Å². The predicted octanol–water partition coefficient (Wildman–Crippen LogP) is 3.74. The molecule has 0 radical (unpaired) electrons. The van der Waals surface area contributed by atoms with Gasteiger partial charge in [-0.1, -0.05) is 6.92 Å². The first kappa shape index (κ1) is 17.9. The molecule has 1 N–H and O–H groups in total. The van der Waals surface area contributed by atoms with Gasteiger partial charge < -0.3 is 10.1 Å². The lowest BCUT2D eigenvalue weighted by atomic mass is 10.1. The standard InChI is InChI=1S/C17H24FNO3S/c1-4-16(19)17(2,3)23(20,21)11-13-9-14(7-8-15(13)18)22-10-12-5-6-12/h7-9,12,19H,4-6,10-11H2,1-3H3. The molecule has 1 aliphatic carbocycles. The van der Waals surface area contributed by atoms with Crippen molar-refractivity contribution in [2.75, 3.05) is 6.61 Å². The molecule has 6 heteroatoms. The van der Waals surface area contributed by atoms with Crippen molar-refractivity contribution in [3.05, 3.63) is 29.6 Å². The van der Waals surface area contributed by atoms with Crippen LogP contribution in [0.4, 0.5) is 4.39 Å². The SMILES string of the molecule is CCC(=N)C(C)(C)S(=O)(=O)Cc1cc(OCC2CC2)ccc1F. The predicted molar refractivity (Wildman–Crippen MR) is 89.3 cm³/mol. The van der Waals surface area contributed by atoms with E-state index in [0.29, 0.717) is 24.7 Å². The van der Waals surface area contributed by atoms with Gasteiger partial charge in [0.1, 0.15) is 16.3 Å². The van der Waals surface area contributed by atoms with Crippen molar-refractivity contribution < 1.29 is 17.5 Å². The largest absolute Gasteiger partial charge is 0.493 e. The fourth-order valence-electron chi connectivity index (χ4n) is 2.25. The average molecular weight is 341 g/mol. The van der Waals surface area contributed by atoms with E-state index in [4.69, 9.17) is 10.1 Å². The summed E-state index contributed by atoms with van der Waals surface area (Å²) < 4.78 is 43.5. The highest BCUT2D eigenvalue weighted by Crippen LogP contribution is 2.31. The molecular weight excluding hydrogens is 317 g/mol. The highest BCUT2D eigenvalue weighted by atomic mass is 32.2. The van der Waals surface area contributed by atoms with Crippen molar-refractivity contribution in [1.82, 2.24) is 0 Å². The van der Waals surface area contributed by atoms with Gasteiger partial charge in [0.25, 0.3) is 0 Å². The lowest BCUT2D eigenvalue weighted by Gasteiger charge is -2.25. The van der Waals surface area contributed by atoms with Crippen LogP contribution in [0.1, 0.15) is 45.6 Å². The highest BCUT2D eigenvalue weighted by molar-refractivity contribution is 7.92. The van der Waals surface area contributed by atoms with Crippen LogP contribution in [0.3, 0.4) is 0 Å². The summed E-state index contributed by atoms with van der Waals surface area (Å²) in [6, 6.07) is 4.22. The number of rotatable bonds is 8. The molecule has 0 amide bonds. The van der Waals surface area contributed by atoms with Crippen LogP contribution in [0.15, 0.2) is 18.2 Å². The van der Waals surface area contributed by atoms with E-state index in [0.717, 1.165) is 12.8 Å². The minimum absolute atomic E-state index is 0.0928. The Morgan fingerprint density at radius 1 is 1.39 bits per heavy atom. The average Bonchev–Trinajstić information content (AvgIpc) is 3.30. The monoisotopic (exact) mass is 341 g/mol. The van der Waals surface area contributed by atoms with Gasteiger partial charge >= 0.3 is 0 Å². The second-order valence-electron chi connectivity index (χ2n) is 6.61. The zero-order valence-electron chi connectivity index (χ0n) is 13.9. The number of ether oxygens (including phenoxy) is 1. The second kappa shape index (κ2) is 6.59. The normalized spacial score (nSPS) is 15.5. The fraction of sp³-hybridized carbons (Fsp3) is 0.588. The molecular formula is C17H24FNO3S. The molecule has 128 valence electrons. The third kappa shape index (κ3) is 4.10. The lowest BCUT2D eigenvalue weighted by Crippen LogP contribution is -2.40. The van der Waals surface area contributed by atoms with Crippen LogP contribution in [0.25, 0.3) is 0 Å². The van der Waals surface area contributed by atoms with Crippen LogP contribution in [0.5, 0.6) is 5.75 Å². The molecule has 0 bridgehead atoms. The van der Waals surface area contributed by atoms with Crippen LogP contribution in [-0.2, 0) is 15.6 Å². The Morgan fingerprint density at radius 3 is 2.61 bits per heavy atom. The molecule has 2 rings (SSSR count). The maximum absolute atomic E-state index is 14.0. The third-order valence-corrected chi connectivity index (χ3v) is 6.90. The molecule has 0 heterocycles. The Kier molecular flexibility index (Phi) is 5.14. The number of hydrogen-bond donors (Lipinski definition) is 1. The van der Waals surface area contributed by atoms with Crippen LogP contribution < -0.4 is 4.74 Å². The summed E-state index contributed by atoms with van der Waals surface area (Å²) >= 11 is 0. The molecule has 0 saturated heterocycles. The van der Waals surface area contributed by atoms with Crippen molar-refractivity contribution in [3.8, 4) is 5.75 Å². The summed E-state index contributed by atoms with van der Waals surface area (Å²) in [5.41, 5.74) is 0.217. The Morgan fingerprint density at radius 2 is 2.04 bits per heavy atom. The van der Waals surface area contributed by atoms with Crippen molar-refractivity contribution in [1.29, 1.82) is 5.41 Å². The summed E-state index contributed by atoms with van der Waals surface area (Å²) in [5, 5.41) is 7.88. The zero-order valence-corrected chi connectivity index (χ0v) is 14.7. The third-order valence-electron chi connectivity index (χ3n) is 4.40. The molecule has 1 saturated carbocycles. The zero-order chi connectivity index (χ0) is 17.3. The molecule has 1 fully saturated rings. The van der Waals surface area contributed by atoms with Gasteiger partial charge in [0.15, 0.2) is 9.84 Å². The first-order chi connectivity index (χ1) is 10.7. The van der Waals surface area contributed by atoms with E-state index in [1.807, 2.05) is 0 Å². The summed E-state index contributed by atoms with van der Waals surface area (Å²) in [6.07, 6.45) is 2.64. The van der Waals surface area contributed by atoms with Gasteiger partial charge in [0, 0.05) is 11.3 Å². The summed E-state index contributed by atoms with van der Waals surface area (Å²) in [5.74, 6) is 0.0590. The van der Waals surface area contributed by atoms with E-state index in [9.17, 15) is 12.8 Å². The van der Waals surface area contributed by atoms with Crippen molar-refractivity contribution in [3.63, 3.8) is 0 Å². The molecule has 1 aromatic carbocycles. The topological polar surface area (TPSA) is 67.2 Å². The Balaban J connectivity index is 2.20. The number of halogens is 1. The first-order valence-electron chi connectivity index (χ1n) is 7.88. The van der Waals surface area contributed by atoms with Crippen molar-refractivity contribution in [2.24, 2.45) is 5.92 Å². The fourth-order valence-corrected chi connectivity index (χ4v) is 3.76. The lowest BCUT2D eigenvalue weighted by molar-refractivity contribution is 0.299. The van der Waals surface area contributed by atoms with E-state index in [1.54, 1.807) is 6.92 Å². The molecule has 1 aromatic rings. The van der Waals surface area contributed by atoms with E-state index in [-0.39, 0.29) is 11.3 Å². The second-order valence-corrected chi connectivity index (χ2v) is 9.15.